The maximum atomic E-state index is 12.1. The van der Waals surface area contributed by atoms with Crippen molar-refractivity contribution in [1.82, 2.24) is 0 Å². The Balaban J connectivity index is 2.14. The van der Waals surface area contributed by atoms with Crippen LogP contribution in [0.5, 0.6) is 5.95 Å². The van der Waals surface area contributed by atoms with Gasteiger partial charge in [0.15, 0.2) is 0 Å². The van der Waals surface area contributed by atoms with E-state index < -0.39 is 12.1 Å². The smallest absolute Gasteiger partial charge is 0.412 e. The molecule has 26 heavy (non-hydrogen) atoms. The molecule has 1 heterocycles. The summed E-state index contributed by atoms with van der Waals surface area (Å²) in [5, 5.41) is 10.5. The molecule has 0 aliphatic heterocycles. The zero-order valence-electron chi connectivity index (χ0n) is 13.7. The number of anilines is 1. The number of rotatable bonds is 5. The molecule has 0 saturated heterocycles. The summed E-state index contributed by atoms with van der Waals surface area (Å²) in [5.74, 6) is 0.745. The minimum Gasteiger partial charge on any atom is -0.468 e. The fraction of sp³-hybridized carbons (Fsp3) is 0.105. The van der Waals surface area contributed by atoms with E-state index in [1.54, 1.807) is 60.7 Å². The van der Waals surface area contributed by atoms with Crippen molar-refractivity contribution in [3.8, 4) is 5.95 Å². The summed E-state index contributed by atoms with van der Waals surface area (Å²) in [6, 6.07) is 16.6. The van der Waals surface area contributed by atoms with E-state index in [9.17, 15) is 9.90 Å². The zero-order chi connectivity index (χ0) is 18.7. The van der Waals surface area contributed by atoms with Gasteiger partial charge in [-0.3, -0.25) is 4.90 Å². The Morgan fingerprint density at radius 2 is 1.77 bits per heavy atom. The van der Waals surface area contributed by atoms with Gasteiger partial charge in [-0.1, -0.05) is 39.7 Å². The van der Waals surface area contributed by atoms with Crippen LogP contribution in [0.1, 0.15) is 17.4 Å². The molecule has 0 bridgehead atoms. The number of carbonyl (C=O) groups is 1. The van der Waals surface area contributed by atoms with E-state index in [1.165, 1.54) is 12.0 Å². The first-order chi connectivity index (χ1) is 12.5. The summed E-state index contributed by atoms with van der Waals surface area (Å²) in [5.41, 5.74) is 1.23. The summed E-state index contributed by atoms with van der Waals surface area (Å²) in [7, 11) is 1.49. The molecule has 134 valence electrons. The quantitative estimate of drug-likeness (QED) is 0.534. The summed E-state index contributed by atoms with van der Waals surface area (Å²) in [4.78, 5) is 13.4. The third kappa shape index (κ3) is 3.86. The van der Waals surface area contributed by atoms with Crippen molar-refractivity contribution in [3.05, 3.63) is 81.5 Å². The lowest BCUT2D eigenvalue weighted by molar-refractivity contribution is 0.198. The molecular weight excluding hydrogens is 422 g/mol. The Morgan fingerprint density at radius 1 is 1.12 bits per heavy atom. The molecule has 0 spiro atoms. The van der Waals surface area contributed by atoms with E-state index in [0.717, 1.165) is 10.0 Å². The number of methoxy groups -OCH3 is 1. The predicted molar refractivity (Wildman–Crippen MR) is 103 cm³/mol. The van der Waals surface area contributed by atoms with Crippen LogP contribution in [0.3, 0.4) is 0 Å². The number of furan rings is 1. The topological polar surface area (TPSA) is 62.9 Å². The first kappa shape index (κ1) is 18.4. The van der Waals surface area contributed by atoms with Crippen LogP contribution >= 0.6 is 27.5 Å². The highest BCUT2D eigenvalue weighted by Gasteiger charge is 2.31. The number of nitrogens with zero attached hydrogens (tertiary/aromatic N) is 1. The van der Waals surface area contributed by atoms with Crippen molar-refractivity contribution in [2.75, 3.05) is 12.0 Å². The normalized spacial score (nSPS) is 11.8. The monoisotopic (exact) mass is 435 g/mol. The molecule has 1 atom stereocenters. The lowest BCUT2D eigenvalue weighted by atomic mass is 10.0. The van der Waals surface area contributed by atoms with Crippen LogP contribution in [0.2, 0.25) is 5.02 Å². The van der Waals surface area contributed by atoms with E-state index in [-0.39, 0.29) is 0 Å². The lowest BCUT2D eigenvalue weighted by Crippen LogP contribution is -2.34. The summed E-state index contributed by atoms with van der Waals surface area (Å²) in [6.45, 7) is 0. The molecule has 3 rings (SSSR count). The van der Waals surface area contributed by atoms with E-state index in [0.29, 0.717) is 22.4 Å². The number of hydrogen-bond donors (Lipinski definition) is 1. The predicted octanol–water partition coefficient (Wildman–Crippen LogP) is 5.98. The number of benzene rings is 2. The lowest BCUT2D eigenvalue weighted by Gasteiger charge is -2.28. The summed E-state index contributed by atoms with van der Waals surface area (Å²) >= 11 is 9.35. The number of amides is 1. The Hall–Kier alpha value is -2.44. The SMILES string of the molecule is COc1ccc(C(c2ccc(Cl)cc2)N(C(=O)O)c2ccc(Br)cc2)o1. The number of carboxylic acid groups (broad SMARTS) is 1. The van der Waals surface area contributed by atoms with Gasteiger partial charge in [0.2, 0.25) is 0 Å². The molecule has 5 nitrogen and oxygen atoms in total. The molecule has 0 aliphatic rings. The maximum Gasteiger partial charge on any atom is 0.412 e. The van der Waals surface area contributed by atoms with Gasteiger partial charge in [0, 0.05) is 21.2 Å². The molecule has 0 fully saturated rings. The molecule has 1 aromatic heterocycles. The van der Waals surface area contributed by atoms with Gasteiger partial charge in [0.25, 0.3) is 5.95 Å². The third-order valence-electron chi connectivity index (χ3n) is 3.83. The fourth-order valence-corrected chi connectivity index (χ4v) is 3.04. The largest absolute Gasteiger partial charge is 0.468 e. The van der Waals surface area contributed by atoms with Gasteiger partial charge in [-0.05, 0) is 48.0 Å². The first-order valence-corrected chi connectivity index (χ1v) is 8.83. The van der Waals surface area contributed by atoms with Gasteiger partial charge in [-0.2, -0.15) is 0 Å². The van der Waals surface area contributed by atoms with E-state index in [1.807, 2.05) is 0 Å². The number of ether oxygens (including phenoxy) is 1. The van der Waals surface area contributed by atoms with Crippen LogP contribution in [-0.2, 0) is 0 Å². The Labute approximate surface area is 163 Å². The summed E-state index contributed by atoms with van der Waals surface area (Å²) < 4.78 is 11.6. The van der Waals surface area contributed by atoms with Crippen molar-refractivity contribution in [3.63, 3.8) is 0 Å². The van der Waals surface area contributed by atoms with Crippen molar-refractivity contribution in [2.24, 2.45) is 0 Å². The van der Waals surface area contributed by atoms with Gasteiger partial charge < -0.3 is 14.3 Å². The van der Waals surface area contributed by atoms with Gasteiger partial charge >= 0.3 is 6.09 Å². The molecule has 2 aromatic carbocycles. The molecule has 3 aromatic rings. The minimum absolute atomic E-state index is 0.306. The van der Waals surface area contributed by atoms with Crippen molar-refractivity contribution >= 4 is 39.3 Å². The fourth-order valence-electron chi connectivity index (χ4n) is 2.65. The van der Waals surface area contributed by atoms with Crippen LogP contribution < -0.4 is 9.64 Å². The molecule has 1 N–H and O–H groups in total. The number of halogens is 2. The molecule has 0 aliphatic carbocycles. The Kier molecular flexibility index (Phi) is 5.54. The van der Waals surface area contributed by atoms with Crippen LogP contribution in [0.4, 0.5) is 10.5 Å². The second kappa shape index (κ2) is 7.85. The maximum absolute atomic E-state index is 12.1. The highest BCUT2D eigenvalue weighted by molar-refractivity contribution is 9.10. The van der Waals surface area contributed by atoms with E-state index >= 15 is 0 Å². The first-order valence-electron chi connectivity index (χ1n) is 7.66. The van der Waals surface area contributed by atoms with Crippen LogP contribution in [0.15, 0.2) is 69.6 Å². The second-order valence-corrected chi connectivity index (χ2v) is 6.80. The number of hydrogen-bond acceptors (Lipinski definition) is 3. The minimum atomic E-state index is -1.11. The van der Waals surface area contributed by atoms with Crippen LogP contribution in [0.25, 0.3) is 0 Å². The third-order valence-corrected chi connectivity index (χ3v) is 4.61. The Morgan fingerprint density at radius 3 is 2.31 bits per heavy atom. The average molecular weight is 437 g/mol. The standard InChI is InChI=1S/C19H15BrClNO4/c1-25-17-11-10-16(26-17)18(12-2-6-14(21)7-3-12)22(19(23)24)15-8-4-13(20)5-9-15/h2-11,18H,1H3,(H,23,24). The van der Waals surface area contributed by atoms with E-state index in [2.05, 4.69) is 15.9 Å². The molecule has 1 amide bonds. The average Bonchev–Trinajstić information content (AvgIpc) is 3.10. The molecule has 0 radical (unpaired) electrons. The molecular formula is C19H15BrClNO4. The second-order valence-electron chi connectivity index (χ2n) is 5.44. The summed E-state index contributed by atoms with van der Waals surface area (Å²) in [6.07, 6.45) is -1.11. The van der Waals surface area contributed by atoms with Crippen LogP contribution in [-0.4, -0.2) is 18.3 Å². The molecule has 1 unspecified atom stereocenters. The van der Waals surface area contributed by atoms with Gasteiger partial charge in [0.05, 0.1) is 7.11 Å². The van der Waals surface area contributed by atoms with Crippen molar-refractivity contribution in [1.29, 1.82) is 0 Å². The van der Waals surface area contributed by atoms with Crippen molar-refractivity contribution in [2.45, 2.75) is 6.04 Å². The van der Waals surface area contributed by atoms with Gasteiger partial charge in [0.1, 0.15) is 11.8 Å². The van der Waals surface area contributed by atoms with Gasteiger partial charge in [-0.15, -0.1) is 0 Å². The van der Waals surface area contributed by atoms with Gasteiger partial charge in [-0.25, -0.2) is 4.79 Å². The van der Waals surface area contributed by atoms with E-state index in [4.69, 9.17) is 20.8 Å². The highest BCUT2D eigenvalue weighted by atomic mass is 79.9. The highest BCUT2D eigenvalue weighted by Crippen LogP contribution is 2.36. The zero-order valence-corrected chi connectivity index (χ0v) is 16.1. The molecule has 7 heteroatoms. The molecule has 0 saturated carbocycles. The van der Waals surface area contributed by atoms with Crippen LogP contribution in [0, 0.1) is 0 Å². The Bertz CT molecular complexity index is 893. The van der Waals surface area contributed by atoms with Crippen molar-refractivity contribution < 1.29 is 19.1 Å².